The van der Waals surface area contributed by atoms with Crippen LogP contribution < -0.4 is 0 Å². The summed E-state index contributed by atoms with van der Waals surface area (Å²) in [5.74, 6) is -1.26. The van der Waals surface area contributed by atoms with Crippen molar-refractivity contribution in [1.29, 1.82) is 0 Å². The summed E-state index contributed by atoms with van der Waals surface area (Å²) in [6, 6.07) is 7.26. The smallest absolute Gasteiger partial charge is 0.332 e. The van der Waals surface area contributed by atoms with Gasteiger partial charge < -0.3 is 9.84 Å². The van der Waals surface area contributed by atoms with E-state index < -0.39 is 11.4 Å². The van der Waals surface area contributed by atoms with E-state index >= 15 is 0 Å². The molecule has 1 rings (SSSR count). The lowest BCUT2D eigenvalue weighted by Gasteiger charge is -2.20. The summed E-state index contributed by atoms with van der Waals surface area (Å²) in [5, 5.41) is 9.37. The molecule has 1 N–H and O–H groups in total. The Kier molecular flexibility index (Phi) is 5.70. The maximum absolute atomic E-state index is 11.6. The molecule has 1 aromatic rings. The fraction of sp³-hybridized carbons (Fsp3) is 0.412. The van der Waals surface area contributed by atoms with Gasteiger partial charge in [0, 0.05) is 5.57 Å². The molecule has 0 saturated heterocycles. The molecule has 0 atom stereocenters. The SMILES string of the molecule is CCOC(=O)Cc1ccccc1/C=C(/C(=O)O)C(C)(C)C. The number of hydrogen-bond donors (Lipinski definition) is 1. The molecule has 0 aliphatic carbocycles. The Morgan fingerprint density at radius 2 is 1.86 bits per heavy atom. The first kappa shape index (κ1) is 17.0. The van der Waals surface area contributed by atoms with Crippen molar-refractivity contribution in [2.24, 2.45) is 5.41 Å². The fourth-order valence-corrected chi connectivity index (χ4v) is 1.96. The van der Waals surface area contributed by atoms with Gasteiger partial charge in [0.2, 0.25) is 0 Å². The average molecular weight is 290 g/mol. The van der Waals surface area contributed by atoms with E-state index in [2.05, 4.69) is 0 Å². The Balaban J connectivity index is 3.18. The van der Waals surface area contributed by atoms with Gasteiger partial charge in [-0.05, 0) is 29.5 Å². The molecule has 0 spiro atoms. The molecule has 0 bridgehead atoms. The van der Waals surface area contributed by atoms with Crippen LogP contribution in [-0.2, 0) is 20.7 Å². The van der Waals surface area contributed by atoms with E-state index in [-0.39, 0.29) is 12.4 Å². The van der Waals surface area contributed by atoms with Crippen LogP contribution in [0.25, 0.3) is 6.08 Å². The highest BCUT2D eigenvalue weighted by Crippen LogP contribution is 2.28. The number of ether oxygens (including phenoxy) is 1. The summed E-state index contributed by atoms with van der Waals surface area (Å²) in [6.45, 7) is 7.63. The second-order valence-corrected chi connectivity index (χ2v) is 5.79. The molecule has 0 heterocycles. The number of carbonyl (C=O) groups excluding carboxylic acids is 1. The van der Waals surface area contributed by atoms with Crippen LogP contribution >= 0.6 is 0 Å². The average Bonchev–Trinajstić information content (AvgIpc) is 2.36. The third-order valence-electron chi connectivity index (χ3n) is 3.03. The van der Waals surface area contributed by atoms with Crippen LogP contribution in [0.1, 0.15) is 38.8 Å². The van der Waals surface area contributed by atoms with E-state index in [0.29, 0.717) is 12.2 Å². The number of carbonyl (C=O) groups is 2. The van der Waals surface area contributed by atoms with Crippen molar-refractivity contribution in [3.8, 4) is 0 Å². The van der Waals surface area contributed by atoms with Crippen LogP contribution in [0.4, 0.5) is 0 Å². The van der Waals surface area contributed by atoms with Gasteiger partial charge in [0.05, 0.1) is 13.0 Å². The Labute approximate surface area is 125 Å². The van der Waals surface area contributed by atoms with Gasteiger partial charge in [0.25, 0.3) is 0 Å². The Bertz CT molecular complexity index is 550. The minimum Gasteiger partial charge on any atom is -0.478 e. The van der Waals surface area contributed by atoms with Crippen LogP contribution in [0.15, 0.2) is 29.8 Å². The van der Waals surface area contributed by atoms with Crippen molar-refractivity contribution in [3.63, 3.8) is 0 Å². The van der Waals surface area contributed by atoms with Crippen LogP contribution in [0.5, 0.6) is 0 Å². The summed E-state index contributed by atoms with van der Waals surface area (Å²) in [6.07, 6.45) is 1.77. The number of benzene rings is 1. The summed E-state index contributed by atoms with van der Waals surface area (Å²) in [4.78, 5) is 23.0. The number of esters is 1. The molecule has 0 aliphatic heterocycles. The lowest BCUT2D eigenvalue weighted by Crippen LogP contribution is -2.17. The standard InChI is InChI=1S/C17H22O4/c1-5-21-15(18)11-13-9-7-6-8-12(13)10-14(16(19)20)17(2,3)4/h6-10H,5,11H2,1-4H3,(H,19,20)/b14-10-. The highest BCUT2D eigenvalue weighted by atomic mass is 16.5. The van der Waals surface area contributed by atoms with Gasteiger partial charge >= 0.3 is 11.9 Å². The fourth-order valence-electron chi connectivity index (χ4n) is 1.96. The first-order valence-electron chi connectivity index (χ1n) is 6.94. The number of carboxylic acids is 1. The van der Waals surface area contributed by atoms with Crippen LogP contribution in [0.3, 0.4) is 0 Å². The zero-order valence-corrected chi connectivity index (χ0v) is 13.0. The van der Waals surface area contributed by atoms with Crippen molar-refractivity contribution < 1.29 is 19.4 Å². The largest absolute Gasteiger partial charge is 0.478 e. The lowest BCUT2D eigenvalue weighted by molar-refractivity contribution is -0.142. The maximum atomic E-state index is 11.6. The Morgan fingerprint density at radius 1 is 1.24 bits per heavy atom. The van der Waals surface area contributed by atoms with E-state index in [9.17, 15) is 14.7 Å². The van der Waals surface area contributed by atoms with Crippen molar-refractivity contribution in [3.05, 3.63) is 41.0 Å². The molecule has 4 heteroatoms. The number of rotatable bonds is 5. The van der Waals surface area contributed by atoms with Gasteiger partial charge in [-0.25, -0.2) is 4.79 Å². The third kappa shape index (κ3) is 5.06. The minimum atomic E-state index is -0.951. The zero-order chi connectivity index (χ0) is 16.0. The molecule has 114 valence electrons. The van der Waals surface area contributed by atoms with E-state index in [1.807, 2.05) is 45.0 Å². The summed E-state index contributed by atoms with van der Waals surface area (Å²) >= 11 is 0. The van der Waals surface area contributed by atoms with E-state index in [1.54, 1.807) is 13.0 Å². The first-order valence-corrected chi connectivity index (χ1v) is 6.94. The minimum absolute atomic E-state index is 0.136. The molecule has 0 amide bonds. The van der Waals surface area contributed by atoms with Gasteiger partial charge in [-0.3, -0.25) is 4.79 Å². The van der Waals surface area contributed by atoms with Crippen molar-refractivity contribution in [2.45, 2.75) is 34.1 Å². The van der Waals surface area contributed by atoms with Crippen LogP contribution in [-0.4, -0.2) is 23.7 Å². The van der Waals surface area contributed by atoms with Gasteiger partial charge in [0.15, 0.2) is 0 Å². The molecule has 0 aromatic heterocycles. The number of aliphatic carboxylic acids is 1. The van der Waals surface area contributed by atoms with E-state index in [0.717, 1.165) is 11.1 Å². The third-order valence-corrected chi connectivity index (χ3v) is 3.03. The second kappa shape index (κ2) is 7.07. The molecule has 1 aromatic carbocycles. The van der Waals surface area contributed by atoms with Crippen molar-refractivity contribution >= 4 is 18.0 Å². The predicted octanol–water partition coefficient (Wildman–Crippen LogP) is 3.31. The van der Waals surface area contributed by atoms with Crippen LogP contribution in [0, 0.1) is 5.41 Å². The molecular formula is C17H22O4. The summed E-state index contributed by atoms with van der Waals surface area (Å²) in [5.41, 5.74) is 1.32. The first-order chi connectivity index (χ1) is 9.75. The molecule has 4 nitrogen and oxygen atoms in total. The number of carboxylic acid groups (broad SMARTS) is 1. The van der Waals surface area contributed by atoms with E-state index in [1.165, 1.54) is 0 Å². The topological polar surface area (TPSA) is 63.6 Å². The molecule has 0 fully saturated rings. The monoisotopic (exact) mass is 290 g/mol. The highest BCUT2D eigenvalue weighted by molar-refractivity contribution is 5.94. The molecule has 21 heavy (non-hydrogen) atoms. The van der Waals surface area contributed by atoms with Crippen LogP contribution in [0.2, 0.25) is 0 Å². The zero-order valence-electron chi connectivity index (χ0n) is 13.0. The Hall–Kier alpha value is -2.10. The molecule has 0 radical (unpaired) electrons. The van der Waals surface area contributed by atoms with Crippen molar-refractivity contribution in [2.75, 3.05) is 6.61 Å². The van der Waals surface area contributed by atoms with Gasteiger partial charge in [-0.2, -0.15) is 0 Å². The highest BCUT2D eigenvalue weighted by Gasteiger charge is 2.23. The predicted molar refractivity (Wildman–Crippen MR) is 81.8 cm³/mol. The van der Waals surface area contributed by atoms with Gasteiger partial charge in [-0.1, -0.05) is 45.0 Å². The normalized spacial score (nSPS) is 12.1. The molecule has 0 unspecified atom stereocenters. The summed E-state index contributed by atoms with van der Waals surface area (Å²) < 4.78 is 4.94. The maximum Gasteiger partial charge on any atom is 0.332 e. The van der Waals surface area contributed by atoms with Crippen molar-refractivity contribution in [1.82, 2.24) is 0 Å². The molecule has 0 aliphatic rings. The Morgan fingerprint density at radius 3 is 2.38 bits per heavy atom. The van der Waals surface area contributed by atoms with Gasteiger partial charge in [-0.15, -0.1) is 0 Å². The van der Waals surface area contributed by atoms with E-state index in [4.69, 9.17) is 4.74 Å². The van der Waals surface area contributed by atoms with Gasteiger partial charge in [0.1, 0.15) is 0 Å². The molecule has 0 saturated carbocycles. The molecular weight excluding hydrogens is 268 g/mol. The second-order valence-electron chi connectivity index (χ2n) is 5.79. The number of hydrogen-bond acceptors (Lipinski definition) is 3. The lowest BCUT2D eigenvalue weighted by atomic mass is 9.84. The quantitative estimate of drug-likeness (QED) is 0.667. The summed E-state index contributed by atoms with van der Waals surface area (Å²) in [7, 11) is 0.